The van der Waals surface area contributed by atoms with Gasteiger partial charge in [-0.1, -0.05) is 60.7 Å². The van der Waals surface area contributed by atoms with Crippen molar-refractivity contribution < 1.29 is 17.3 Å². The van der Waals surface area contributed by atoms with Gasteiger partial charge >= 0.3 is 0 Å². The van der Waals surface area contributed by atoms with E-state index in [-0.39, 0.29) is 18.8 Å². The van der Waals surface area contributed by atoms with Crippen LogP contribution in [0.4, 0.5) is 0 Å². The van der Waals surface area contributed by atoms with Crippen molar-refractivity contribution in [2.45, 2.75) is 31.7 Å². The number of ether oxygens (including phenoxy) is 1. The van der Waals surface area contributed by atoms with E-state index in [4.69, 9.17) is 8.92 Å². The summed E-state index contributed by atoms with van der Waals surface area (Å²) in [5.74, 6) is 0. The number of likely N-dealkylation sites (tertiary alicyclic amines) is 1. The fourth-order valence-electron chi connectivity index (χ4n) is 4.06. The van der Waals surface area contributed by atoms with Crippen LogP contribution in [0.5, 0.6) is 0 Å². The van der Waals surface area contributed by atoms with E-state index in [0.717, 1.165) is 38.9 Å². The van der Waals surface area contributed by atoms with Crippen LogP contribution in [0.3, 0.4) is 0 Å². The first-order valence-electron chi connectivity index (χ1n) is 10.4. The molecule has 3 rings (SSSR count). The minimum absolute atomic E-state index is 0.0457. The number of benzene rings is 2. The van der Waals surface area contributed by atoms with Crippen molar-refractivity contribution in [2.24, 2.45) is 0 Å². The Hall–Kier alpha value is -1.77. The molecule has 0 aromatic heterocycles. The lowest BCUT2D eigenvalue weighted by atomic mass is 9.98. The highest BCUT2D eigenvalue weighted by Crippen LogP contribution is 2.23. The van der Waals surface area contributed by atoms with Gasteiger partial charge in [0.1, 0.15) is 0 Å². The number of methoxy groups -OCH3 is 1. The summed E-state index contributed by atoms with van der Waals surface area (Å²) in [6, 6.07) is 21.3. The molecule has 7 heteroatoms. The van der Waals surface area contributed by atoms with Crippen molar-refractivity contribution in [2.75, 3.05) is 39.6 Å². The molecule has 0 saturated carbocycles. The van der Waals surface area contributed by atoms with E-state index in [9.17, 15) is 8.42 Å². The Labute approximate surface area is 180 Å². The van der Waals surface area contributed by atoms with Crippen LogP contribution in [-0.2, 0) is 32.1 Å². The summed E-state index contributed by atoms with van der Waals surface area (Å²) in [5.41, 5.74) is 2.57. The highest BCUT2D eigenvalue weighted by atomic mass is 32.2. The zero-order valence-electron chi connectivity index (χ0n) is 17.8. The van der Waals surface area contributed by atoms with E-state index in [0.29, 0.717) is 6.54 Å². The summed E-state index contributed by atoms with van der Waals surface area (Å²) >= 11 is 0. The van der Waals surface area contributed by atoms with Crippen molar-refractivity contribution >= 4 is 10.1 Å². The van der Waals surface area contributed by atoms with Gasteiger partial charge in [0.25, 0.3) is 10.1 Å². The summed E-state index contributed by atoms with van der Waals surface area (Å²) in [4.78, 5) is 4.72. The smallest absolute Gasteiger partial charge is 0.264 e. The maximum Gasteiger partial charge on any atom is 0.264 e. The van der Waals surface area contributed by atoms with Crippen LogP contribution < -0.4 is 0 Å². The molecule has 0 aliphatic carbocycles. The maximum atomic E-state index is 11.2. The first-order chi connectivity index (χ1) is 14.4. The molecule has 0 radical (unpaired) electrons. The maximum absolute atomic E-state index is 11.2. The third-order valence-corrected chi connectivity index (χ3v) is 6.14. The molecule has 2 aromatic carbocycles. The topological polar surface area (TPSA) is 59.1 Å². The molecule has 0 spiro atoms. The number of nitrogens with zero attached hydrogens (tertiary/aromatic N) is 2. The van der Waals surface area contributed by atoms with Gasteiger partial charge in [0.15, 0.2) is 0 Å². The molecule has 2 aromatic rings. The lowest BCUT2D eigenvalue weighted by Crippen LogP contribution is -2.54. The van der Waals surface area contributed by atoms with Crippen LogP contribution in [0.1, 0.15) is 17.5 Å². The van der Waals surface area contributed by atoms with Gasteiger partial charge in [0.05, 0.1) is 19.0 Å². The van der Waals surface area contributed by atoms with Crippen LogP contribution >= 0.6 is 0 Å². The Morgan fingerprint density at radius 1 is 1.00 bits per heavy atom. The van der Waals surface area contributed by atoms with E-state index in [1.54, 1.807) is 7.11 Å². The van der Waals surface area contributed by atoms with Gasteiger partial charge in [-0.2, -0.15) is 8.42 Å². The second kappa shape index (κ2) is 11.0. The van der Waals surface area contributed by atoms with Crippen molar-refractivity contribution in [3.8, 4) is 0 Å². The molecule has 1 heterocycles. The summed E-state index contributed by atoms with van der Waals surface area (Å²) in [6.45, 7) is 4.12. The van der Waals surface area contributed by atoms with Crippen molar-refractivity contribution in [1.82, 2.24) is 9.80 Å². The molecule has 30 heavy (non-hydrogen) atoms. The molecule has 0 bridgehead atoms. The molecule has 0 N–H and O–H groups in total. The highest BCUT2D eigenvalue weighted by molar-refractivity contribution is 7.85. The van der Waals surface area contributed by atoms with Crippen LogP contribution in [0, 0.1) is 0 Å². The zero-order chi connectivity index (χ0) is 21.4. The largest absolute Gasteiger partial charge is 0.378 e. The number of hydrogen-bond donors (Lipinski definition) is 0. The van der Waals surface area contributed by atoms with E-state index in [2.05, 4.69) is 58.3 Å². The first kappa shape index (κ1) is 22.9. The number of piperidine rings is 1. The van der Waals surface area contributed by atoms with Crippen molar-refractivity contribution in [1.29, 1.82) is 0 Å². The first-order valence-corrected chi connectivity index (χ1v) is 12.2. The predicted molar refractivity (Wildman–Crippen MR) is 119 cm³/mol. The monoisotopic (exact) mass is 432 g/mol. The minimum atomic E-state index is -3.40. The average Bonchev–Trinajstić information content (AvgIpc) is 2.74. The molecular weight excluding hydrogens is 400 g/mol. The van der Waals surface area contributed by atoms with Crippen molar-refractivity contribution in [3.63, 3.8) is 0 Å². The normalized spacial score (nSPS) is 20.5. The highest BCUT2D eigenvalue weighted by Gasteiger charge is 2.33. The van der Waals surface area contributed by atoms with Crippen LogP contribution in [0.25, 0.3) is 0 Å². The summed E-state index contributed by atoms with van der Waals surface area (Å²) in [6.07, 6.45) is 2.09. The molecule has 1 aliphatic rings. The Morgan fingerprint density at radius 3 is 2.07 bits per heavy atom. The van der Waals surface area contributed by atoms with Crippen LogP contribution in [-0.4, -0.2) is 70.0 Å². The Kier molecular flexibility index (Phi) is 8.41. The molecule has 1 saturated heterocycles. The Balaban J connectivity index is 1.68. The lowest BCUT2D eigenvalue weighted by molar-refractivity contribution is -0.0451. The SMILES string of the molecule is CO[C@H]1CN(CCOS(C)(=O)=O)CC[C@H]1N(Cc1ccccc1)Cc1ccccc1. The Bertz CT molecular complexity index is 820. The number of hydrogen-bond acceptors (Lipinski definition) is 6. The predicted octanol–water partition coefficient (Wildman–Crippen LogP) is 2.75. The molecule has 6 nitrogen and oxygen atoms in total. The van der Waals surface area contributed by atoms with E-state index in [1.807, 2.05) is 12.1 Å². The summed E-state index contributed by atoms with van der Waals surface area (Å²) in [7, 11) is -1.64. The third-order valence-electron chi connectivity index (χ3n) is 5.54. The van der Waals surface area contributed by atoms with Crippen LogP contribution in [0.15, 0.2) is 60.7 Å². The fourth-order valence-corrected chi connectivity index (χ4v) is 4.44. The van der Waals surface area contributed by atoms with Crippen molar-refractivity contribution in [3.05, 3.63) is 71.8 Å². The molecule has 1 fully saturated rings. The zero-order valence-corrected chi connectivity index (χ0v) is 18.6. The van der Waals surface area contributed by atoms with Gasteiger partial charge in [-0.3, -0.25) is 14.0 Å². The van der Waals surface area contributed by atoms with Gasteiger partial charge in [-0.25, -0.2) is 0 Å². The Morgan fingerprint density at radius 2 is 1.57 bits per heavy atom. The van der Waals surface area contributed by atoms with Gasteiger partial charge in [-0.05, 0) is 24.1 Å². The quantitative estimate of drug-likeness (QED) is 0.538. The molecule has 2 atom stereocenters. The van der Waals surface area contributed by atoms with Crippen LogP contribution in [0.2, 0.25) is 0 Å². The van der Waals surface area contributed by atoms with E-state index in [1.165, 1.54) is 11.1 Å². The molecule has 164 valence electrons. The fraction of sp³-hybridized carbons (Fsp3) is 0.478. The third kappa shape index (κ3) is 7.18. The summed E-state index contributed by atoms with van der Waals surface area (Å²) in [5, 5.41) is 0. The summed E-state index contributed by atoms with van der Waals surface area (Å²) < 4.78 is 33.2. The second-order valence-corrected chi connectivity index (χ2v) is 9.48. The van der Waals surface area contributed by atoms with Gasteiger partial charge in [0.2, 0.25) is 0 Å². The minimum Gasteiger partial charge on any atom is -0.378 e. The van der Waals surface area contributed by atoms with Gasteiger partial charge in [0, 0.05) is 39.3 Å². The molecule has 0 unspecified atom stereocenters. The van der Waals surface area contributed by atoms with Gasteiger partial charge in [-0.15, -0.1) is 0 Å². The second-order valence-electron chi connectivity index (χ2n) is 7.83. The molecular formula is C23H32N2O4S. The molecule has 1 aliphatic heterocycles. The van der Waals surface area contributed by atoms with E-state index >= 15 is 0 Å². The lowest BCUT2D eigenvalue weighted by Gasteiger charge is -2.43. The average molecular weight is 433 g/mol. The molecule has 0 amide bonds. The van der Waals surface area contributed by atoms with Gasteiger partial charge < -0.3 is 4.74 Å². The standard InChI is InChI=1S/C23H32N2O4S/c1-28-23-19-24(15-16-29-30(2,26)27)14-13-22(23)25(17-20-9-5-3-6-10-20)18-21-11-7-4-8-12-21/h3-12,22-23H,13-19H2,1-2H3/t22-,23+/m1/s1. The van der Waals surface area contributed by atoms with E-state index < -0.39 is 10.1 Å². The number of rotatable bonds is 10.